The van der Waals surface area contributed by atoms with Gasteiger partial charge in [0.25, 0.3) is 5.91 Å². The molecular formula is C24H26N4O5S. The number of carbonyl (C=O) groups is 1. The lowest BCUT2D eigenvalue weighted by Gasteiger charge is -2.34. The van der Waals surface area contributed by atoms with Gasteiger partial charge in [0.1, 0.15) is 0 Å². The topological polar surface area (TPSA) is 102 Å². The highest BCUT2D eigenvalue weighted by molar-refractivity contribution is 7.89. The average molecular weight is 483 g/mol. The fourth-order valence-electron chi connectivity index (χ4n) is 4.13. The number of benzene rings is 2. The maximum atomic E-state index is 13.2. The summed E-state index contributed by atoms with van der Waals surface area (Å²) in [4.78, 5) is 24.0. The number of carbonyl (C=O) groups excluding carboxylic acids is 1. The molecule has 0 unspecified atom stereocenters. The van der Waals surface area contributed by atoms with Gasteiger partial charge in [-0.15, -0.1) is 0 Å². The van der Waals surface area contributed by atoms with Crippen molar-refractivity contribution < 1.29 is 22.7 Å². The lowest BCUT2D eigenvalue weighted by molar-refractivity contribution is 0.0698. The van der Waals surface area contributed by atoms with E-state index < -0.39 is 10.0 Å². The lowest BCUT2D eigenvalue weighted by Crippen LogP contribution is -2.50. The first-order chi connectivity index (χ1) is 16.3. The maximum absolute atomic E-state index is 13.2. The van der Waals surface area contributed by atoms with Crippen LogP contribution < -0.4 is 9.47 Å². The van der Waals surface area contributed by atoms with E-state index in [0.717, 1.165) is 23.3 Å². The minimum atomic E-state index is -3.72. The lowest BCUT2D eigenvalue weighted by atomic mass is 10.1. The van der Waals surface area contributed by atoms with E-state index in [0.29, 0.717) is 48.9 Å². The van der Waals surface area contributed by atoms with Gasteiger partial charge < -0.3 is 14.4 Å². The van der Waals surface area contributed by atoms with Crippen molar-refractivity contribution in [3.05, 3.63) is 53.3 Å². The normalized spacial score (nSPS) is 16.9. The Morgan fingerprint density at radius 2 is 1.53 bits per heavy atom. The monoisotopic (exact) mass is 482 g/mol. The summed E-state index contributed by atoms with van der Waals surface area (Å²) in [7, 11) is -3.72. The van der Waals surface area contributed by atoms with Gasteiger partial charge in [-0.05, 0) is 44.2 Å². The van der Waals surface area contributed by atoms with E-state index in [2.05, 4.69) is 9.97 Å². The molecule has 2 aliphatic rings. The van der Waals surface area contributed by atoms with Gasteiger partial charge in [-0.2, -0.15) is 4.31 Å². The first kappa shape index (κ1) is 22.5. The predicted octanol–water partition coefficient (Wildman–Crippen LogP) is 2.55. The molecule has 2 aliphatic heterocycles. The van der Waals surface area contributed by atoms with Crippen LogP contribution in [0.5, 0.6) is 11.5 Å². The second kappa shape index (κ2) is 8.84. The molecule has 5 rings (SSSR count). The number of ether oxygens (including phenoxy) is 2. The minimum Gasteiger partial charge on any atom is -0.490 e. The molecule has 0 N–H and O–H groups in total. The third kappa shape index (κ3) is 4.19. The van der Waals surface area contributed by atoms with Gasteiger partial charge in [-0.1, -0.05) is 0 Å². The molecule has 0 aliphatic carbocycles. The largest absolute Gasteiger partial charge is 0.490 e. The maximum Gasteiger partial charge on any atom is 0.254 e. The molecule has 3 heterocycles. The van der Waals surface area contributed by atoms with Crippen molar-refractivity contribution in [3.8, 4) is 11.5 Å². The number of rotatable bonds is 3. The van der Waals surface area contributed by atoms with Crippen LogP contribution in [0.3, 0.4) is 0 Å². The highest BCUT2D eigenvalue weighted by Crippen LogP contribution is 2.33. The quantitative estimate of drug-likeness (QED) is 0.565. The molecule has 1 aromatic heterocycles. The van der Waals surface area contributed by atoms with Crippen LogP contribution in [-0.4, -0.2) is 72.9 Å². The van der Waals surface area contributed by atoms with Gasteiger partial charge in [0, 0.05) is 44.2 Å². The summed E-state index contributed by atoms with van der Waals surface area (Å²) in [5, 5.41) is 0. The summed E-state index contributed by atoms with van der Waals surface area (Å²) in [6.45, 7) is 5.86. The van der Waals surface area contributed by atoms with Gasteiger partial charge in [0.05, 0.1) is 40.5 Å². The van der Waals surface area contributed by atoms with E-state index in [-0.39, 0.29) is 23.9 Å². The first-order valence-electron chi connectivity index (χ1n) is 11.3. The molecule has 2 aromatic carbocycles. The van der Waals surface area contributed by atoms with Crippen molar-refractivity contribution in [2.75, 3.05) is 39.4 Å². The molecule has 0 saturated carbocycles. The molecule has 1 amide bonds. The van der Waals surface area contributed by atoms with Crippen molar-refractivity contribution in [2.24, 2.45) is 0 Å². The van der Waals surface area contributed by atoms with Gasteiger partial charge in [0.2, 0.25) is 10.0 Å². The molecule has 9 nitrogen and oxygen atoms in total. The Hall–Kier alpha value is -3.24. The molecule has 0 bridgehead atoms. The van der Waals surface area contributed by atoms with E-state index in [4.69, 9.17) is 9.47 Å². The molecule has 3 aromatic rings. The molecule has 10 heteroatoms. The van der Waals surface area contributed by atoms with Gasteiger partial charge in [-0.25, -0.2) is 18.4 Å². The average Bonchev–Trinajstić information content (AvgIpc) is 3.09. The molecular weight excluding hydrogens is 456 g/mol. The first-order valence-corrected chi connectivity index (χ1v) is 12.7. The molecule has 1 saturated heterocycles. The highest BCUT2D eigenvalue weighted by atomic mass is 32.2. The molecule has 0 spiro atoms. The second-order valence-corrected chi connectivity index (χ2v) is 10.4. The van der Waals surface area contributed by atoms with E-state index in [1.807, 2.05) is 13.8 Å². The van der Waals surface area contributed by atoms with Crippen molar-refractivity contribution in [1.29, 1.82) is 0 Å². The minimum absolute atomic E-state index is 0.144. The Labute approximate surface area is 198 Å². The van der Waals surface area contributed by atoms with Crippen LogP contribution in [0.25, 0.3) is 11.0 Å². The van der Waals surface area contributed by atoms with Crippen LogP contribution in [-0.2, 0) is 10.0 Å². The number of aromatic nitrogens is 2. The number of fused-ring (bicyclic) bond motifs is 2. The third-order valence-corrected chi connectivity index (χ3v) is 8.10. The Bertz CT molecular complexity index is 1370. The summed E-state index contributed by atoms with van der Waals surface area (Å²) in [6, 6.07) is 9.99. The number of amides is 1. The molecule has 1 fully saturated rings. The van der Waals surface area contributed by atoms with E-state index in [1.54, 1.807) is 35.2 Å². The van der Waals surface area contributed by atoms with Crippen LogP contribution in [0.1, 0.15) is 28.2 Å². The van der Waals surface area contributed by atoms with Crippen molar-refractivity contribution in [1.82, 2.24) is 19.2 Å². The van der Waals surface area contributed by atoms with Crippen LogP contribution >= 0.6 is 0 Å². The standard InChI is InChI=1S/C24H26N4O5S/c1-16-17(2)26-21-14-18(4-6-20(21)25-16)24(29)27-8-10-28(11-9-27)34(30,31)19-5-7-22-23(15-19)33-13-3-12-32-22/h4-7,14-15H,3,8-13H2,1-2H3. The molecule has 0 radical (unpaired) electrons. The van der Waals surface area contributed by atoms with Gasteiger partial charge in [0.15, 0.2) is 11.5 Å². The number of hydrogen-bond donors (Lipinski definition) is 0. The van der Waals surface area contributed by atoms with Crippen LogP contribution in [0.15, 0.2) is 41.3 Å². The Morgan fingerprint density at radius 1 is 0.853 bits per heavy atom. The SMILES string of the molecule is Cc1nc2ccc(C(=O)N3CCN(S(=O)(=O)c4ccc5c(c4)OCCCO5)CC3)cc2nc1C. The van der Waals surface area contributed by atoms with Crippen LogP contribution in [0, 0.1) is 13.8 Å². The zero-order chi connectivity index (χ0) is 23.9. The highest BCUT2D eigenvalue weighted by Gasteiger charge is 2.31. The Kier molecular flexibility index (Phi) is 5.86. The number of sulfonamides is 1. The number of nitrogens with zero attached hydrogens (tertiary/aromatic N) is 4. The zero-order valence-corrected chi connectivity index (χ0v) is 20.0. The van der Waals surface area contributed by atoms with Crippen LogP contribution in [0.4, 0.5) is 0 Å². The molecule has 34 heavy (non-hydrogen) atoms. The van der Waals surface area contributed by atoms with Gasteiger partial charge in [-0.3, -0.25) is 4.79 Å². The van der Waals surface area contributed by atoms with Gasteiger partial charge >= 0.3 is 0 Å². The van der Waals surface area contributed by atoms with E-state index >= 15 is 0 Å². The van der Waals surface area contributed by atoms with Crippen molar-refractivity contribution in [2.45, 2.75) is 25.2 Å². The van der Waals surface area contributed by atoms with Crippen molar-refractivity contribution >= 4 is 27.0 Å². The van der Waals surface area contributed by atoms with Crippen LogP contribution in [0.2, 0.25) is 0 Å². The number of hydrogen-bond acceptors (Lipinski definition) is 7. The fourth-order valence-corrected chi connectivity index (χ4v) is 5.57. The number of piperazine rings is 1. The second-order valence-electron chi connectivity index (χ2n) is 8.45. The third-order valence-electron chi connectivity index (χ3n) is 6.20. The summed E-state index contributed by atoms with van der Waals surface area (Å²) in [5.41, 5.74) is 3.61. The summed E-state index contributed by atoms with van der Waals surface area (Å²) in [6.07, 6.45) is 0.746. The fraction of sp³-hybridized carbons (Fsp3) is 0.375. The Balaban J connectivity index is 1.29. The predicted molar refractivity (Wildman–Crippen MR) is 126 cm³/mol. The number of aryl methyl sites for hydroxylation is 2. The molecule has 178 valence electrons. The summed E-state index contributed by atoms with van der Waals surface area (Å²) >= 11 is 0. The smallest absolute Gasteiger partial charge is 0.254 e. The Morgan fingerprint density at radius 3 is 2.26 bits per heavy atom. The molecule has 0 atom stereocenters. The zero-order valence-electron chi connectivity index (χ0n) is 19.2. The summed E-state index contributed by atoms with van der Waals surface area (Å²) in [5.74, 6) is 0.851. The summed E-state index contributed by atoms with van der Waals surface area (Å²) < 4.78 is 39.1. The van der Waals surface area contributed by atoms with E-state index in [9.17, 15) is 13.2 Å². The van der Waals surface area contributed by atoms with E-state index in [1.165, 1.54) is 10.4 Å². The van der Waals surface area contributed by atoms with Crippen molar-refractivity contribution in [3.63, 3.8) is 0 Å².